The summed E-state index contributed by atoms with van der Waals surface area (Å²) in [7, 11) is 1.69. The zero-order chi connectivity index (χ0) is 14.3. The molecule has 0 amide bonds. The van der Waals surface area contributed by atoms with Gasteiger partial charge < -0.3 is 21.1 Å². The molecule has 4 N–H and O–H groups in total. The van der Waals surface area contributed by atoms with Gasteiger partial charge in [-0.3, -0.25) is 0 Å². The average molecular weight is 267 g/mol. The zero-order valence-corrected chi connectivity index (χ0v) is 12.2. The number of hydrogen-bond donors (Lipinski definition) is 3. The molecular weight excluding hydrogens is 242 g/mol. The fourth-order valence-corrected chi connectivity index (χ4v) is 1.65. The van der Waals surface area contributed by atoms with Crippen LogP contribution in [-0.4, -0.2) is 36.3 Å². The number of aromatic nitrogens is 2. The fraction of sp³-hybridized carbons (Fsp3) is 0.692. The Morgan fingerprint density at radius 1 is 1.32 bits per heavy atom. The molecule has 1 rings (SSSR count). The van der Waals surface area contributed by atoms with Crippen LogP contribution in [0.4, 0.5) is 17.6 Å². The van der Waals surface area contributed by atoms with Crippen LogP contribution >= 0.6 is 0 Å². The van der Waals surface area contributed by atoms with Crippen molar-refractivity contribution in [2.75, 3.05) is 36.6 Å². The van der Waals surface area contributed by atoms with Crippen molar-refractivity contribution in [3.8, 4) is 0 Å². The van der Waals surface area contributed by atoms with E-state index >= 15 is 0 Å². The fourth-order valence-electron chi connectivity index (χ4n) is 1.65. The number of nitrogens with two attached hydrogens (primary N) is 1. The molecule has 0 aliphatic heterocycles. The Morgan fingerprint density at radius 3 is 2.58 bits per heavy atom. The van der Waals surface area contributed by atoms with Crippen LogP contribution in [0.25, 0.3) is 0 Å². The summed E-state index contributed by atoms with van der Waals surface area (Å²) in [6.45, 7) is 7.86. The first kappa shape index (κ1) is 15.5. The SMILES string of the molecule is CCCNc1cc(NC(COC)C(C)C)nc(N)n1. The van der Waals surface area contributed by atoms with Gasteiger partial charge in [0.2, 0.25) is 5.95 Å². The Labute approximate surface area is 115 Å². The molecule has 0 aromatic carbocycles. The highest BCUT2D eigenvalue weighted by Gasteiger charge is 2.14. The summed E-state index contributed by atoms with van der Waals surface area (Å²) in [4.78, 5) is 8.36. The Kier molecular flexibility index (Phi) is 6.35. The molecule has 108 valence electrons. The molecule has 6 heteroatoms. The zero-order valence-electron chi connectivity index (χ0n) is 12.2. The Hall–Kier alpha value is -1.56. The minimum Gasteiger partial charge on any atom is -0.383 e. The van der Waals surface area contributed by atoms with E-state index in [4.69, 9.17) is 10.5 Å². The lowest BCUT2D eigenvalue weighted by molar-refractivity contribution is 0.171. The van der Waals surface area contributed by atoms with Crippen molar-refractivity contribution in [1.82, 2.24) is 9.97 Å². The van der Waals surface area contributed by atoms with Gasteiger partial charge in [0.15, 0.2) is 0 Å². The van der Waals surface area contributed by atoms with Gasteiger partial charge in [0.1, 0.15) is 11.6 Å². The first-order valence-corrected chi connectivity index (χ1v) is 6.70. The molecule has 1 unspecified atom stereocenters. The number of methoxy groups -OCH3 is 1. The van der Waals surface area contributed by atoms with E-state index in [0.717, 1.165) is 24.6 Å². The number of rotatable bonds is 8. The van der Waals surface area contributed by atoms with E-state index in [1.165, 1.54) is 0 Å². The summed E-state index contributed by atoms with van der Waals surface area (Å²) in [5, 5.41) is 6.55. The highest BCUT2D eigenvalue weighted by atomic mass is 16.5. The summed E-state index contributed by atoms with van der Waals surface area (Å²) in [6, 6.07) is 2.06. The van der Waals surface area contributed by atoms with Crippen molar-refractivity contribution in [2.45, 2.75) is 33.2 Å². The maximum atomic E-state index is 5.72. The molecule has 0 spiro atoms. The molecule has 0 bridgehead atoms. The predicted octanol–water partition coefficient (Wildman–Crippen LogP) is 1.96. The summed E-state index contributed by atoms with van der Waals surface area (Å²) < 4.78 is 5.21. The molecule has 1 atom stereocenters. The highest BCUT2D eigenvalue weighted by molar-refractivity contribution is 5.51. The Morgan fingerprint density at radius 2 is 2.00 bits per heavy atom. The first-order chi connectivity index (χ1) is 9.06. The lowest BCUT2D eigenvalue weighted by Gasteiger charge is -2.22. The van der Waals surface area contributed by atoms with E-state index in [1.807, 2.05) is 6.07 Å². The normalized spacial score (nSPS) is 12.5. The van der Waals surface area contributed by atoms with E-state index in [1.54, 1.807) is 7.11 Å². The van der Waals surface area contributed by atoms with Gasteiger partial charge in [-0.1, -0.05) is 20.8 Å². The summed E-state index contributed by atoms with van der Waals surface area (Å²) in [6.07, 6.45) is 1.03. The second-order valence-electron chi connectivity index (χ2n) is 4.87. The molecule has 0 radical (unpaired) electrons. The molecule has 1 aromatic rings. The van der Waals surface area contributed by atoms with Gasteiger partial charge in [0, 0.05) is 19.7 Å². The van der Waals surface area contributed by atoms with E-state index in [2.05, 4.69) is 41.4 Å². The lowest BCUT2D eigenvalue weighted by atomic mass is 10.1. The van der Waals surface area contributed by atoms with E-state index in [0.29, 0.717) is 12.5 Å². The number of nitrogens with zero attached hydrogens (tertiary/aromatic N) is 2. The van der Waals surface area contributed by atoms with E-state index in [9.17, 15) is 0 Å². The number of ether oxygens (including phenoxy) is 1. The molecule has 19 heavy (non-hydrogen) atoms. The van der Waals surface area contributed by atoms with Crippen LogP contribution in [0, 0.1) is 5.92 Å². The van der Waals surface area contributed by atoms with Crippen LogP contribution in [0.5, 0.6) is 0 Å². The molecule has 0 saturated carbocycles. The maximum Gasteiger partial charge on any atom is 0.223 e. The standard InChI is InChI=1S/C13H25N5O/c1-5-6-15-11-7-12(18-13(14)17-11)16-10(8-19-4)9(2)3/h7,9-10H,5-6,8H2,1-4H3,(H4,14,15,16,17,18). The van der Waals surface area contributed by atoms with Crippen molar-refractivity contribution in [3.63, 3.8) is 0 Å². The number of anilines is 3. The number of nitrogen functional groups attached to an aromatic ring is 1. The molecule has 0 saturated heterocycles. The van der Waals surface area contributed by atoms with Crippen molar-refractivity contribution in [2.24, 2.45) is 5.92 Å². The van der Waals surface area contributed by atoms with Crippen LogP contribution in [0.1, 0.15) is 27.2 Å². The molecule has 1 aromatic heterocycles. The highest BCUT2D eigenvalue weighted by Crippen LogP contribution is 2.16. The van der Waals surface area contributed by atoms with Gasteiger partial charge in [-0.05, 0) is 12.3 Å². The summed E-state index contributed by atoms with van der Waals surface area (Å²) >= 11 is 0. The number of hydrogen-bond acceptors (Lipinski definition) is 6. The topological polar surface area (TPSA) is 85.1 Å². The van der Waals surface area contributed by atoms with Crippen LogP contribution in [0.3, 0.4) is 0 Å². The van der Waals surface area contributed by atoms with Gasteiger partial charge >= 0.3 is 0 Å². The first-order valence-electron chi connectivity index (χ1n) is 6.70. The third kappa shape index (κ3) is 5.30. The second kappa shape index (κ2) is 7.78. The second-order valence-corrected chi connectivity index (χ2v) is 4.87. The largest absolute Gasteiger partial charge is 0.383 e. The van der Waals surface area contributed by atoms with Crippen LogP contribution in [0.2, 0.25) is 0 Å². The van der Waals surface area contributed by atoms with Gasteiger partial charge in [0.05, 0.1) is 12.6 Å². The third-order valence-electron chi connectivity index (χ3n) is 2.78. The van der Waals surface area contributed by atoms with Gasteiger partial charge in [-0.15, -0.1) is 0 Å². The maximum absolute atomic E-state index is 5.72. The van der Waals surface area contributed by atoms with Crippen LogP contribution in [-0.2, 0) is 4.74 Å². The van der Waals surface area contributed by atoms with Crippen LogP contribution < -0.4 is 16.4 Å². The van der Waals surface area contributed by atoms with E-state index < -0.39 is 0 Å². The summed E-state index contributed by atoms with van der Waals surface area (Å²) in [5.41, 5.74) is 5.72. The molecule has 1 heterocycles. The lowest BCUT2D eigenvalue weighted by Crippen LogP contribution is -2.31. The van der Waals surface area contributed by atoms with E-state index in [-0.39, 0.29) is 12.0 Å². The average Bonchev–Trinajstić information content (AvgIpc) is 2.35. The number of nitrogens with one attached hydrogen (secondary N) is 2. The minimum absolute atomic E-state index is 0.193. The third-order valence-corrected chi connectivity index (χ3v) is 2.78. The van der Waals surface area contributed by atoms with Crippen molar-refractivity contribution in [3.05, 3.63) is 6.07 Å². The van der Waals surface area contributed by atoms with Crippen LogP contribution in [0.15, 0.2) is 6.07 Å². The molecule has 0 aliphatic carbocycles. The molecular formula is C13H25N5O. The molecule has 6 nitrogen and oxygen atoms in total. The van der Waals surface area contributed by atoms with Crippen molar-refractivity contribution >= 4 is 17.6 Å². The minimum atomic E-state index is 0.193. The van der Waals surface area contributed by atoms with Gasteiger partial charge in [0.25, 0.3) is 0 Å². The summed E-state index contributed by atoms with van der Waals surface area (Å²) in [5.74, 6) is 2.17. The predicted molar refractivity (Wildman–Crippen MR) is 79.3 cm³/mol. The molecule has 0 aliphatic rings. The Bertz CT molecular complexity index is 383. The van der Waals surface area contributed by atoms with Gasteiger partial charge in [-0.25, -0.2) is 0 Å². The quantitative estimate of drug-likeness (QED) is 0.667. The smallest absolute Gasteiger partial charge is 0.223 e. The van der Waals surface area contributed by atoms with Crippen molar-refractivity contribution in [1.29, 1.82) is 0 Å². The van der Waals surface area contributed by atoms with Crippen molar-refractivity contribution < 1.29 is 4.74 Å². The van der Waals surface area contributed by atoms with Gasteiger partial charge in [-0.2, -0.15) is 9.97 Å². The Balaban J connectivity index is 2.78. The molecule has 0 fully saturated rings. The monoisotopic (exact) mass is 267 g/mol.